The van der Waals surface area contributed by atoms with E-state index in [4.69, 9.17) is 24.6 Å². The van der Waals surface area contributed by atoms with Crippen molar-refractivity contribution in [2.45, 2.75) is 76.4 Å². The van der Waals surface area contributed by atoms with E-state index in [9.17, 15) is 9.59 Å². The molecule has 3 aromatic rings. The van der Waals surface area contributed by atoms with Crippen molar-refractivity contribution in [3.05, 3.63) is 78.2 Å². The van der Waals surface area contributed by atoms with Gasteiger partial charge in [0, 0.05) is 18.5 Å². The van der Waals surface area contributed by atoms with Gasteiger partial charge in [0.2, 0.25) is 23.6 Å². The lowest BCUT2D eigenvalue weighted by atomic mass is 9.94. The van der Waals surface area contributed by atoms with Crippen LogP contribution in [0.4, 0.5) is 0 Å². The number of likely N-dealkylation sites (tertiary alicyclic amines) is 1. The van der Waals surface area contributed by atoms with Gasteiger partial charge < -0.3 is 29.8 Å². The number of amides is 2. The normalized spacial score (nSPS) is 22.2. The van der Waals surface area contributed by atoms with Gasteiger partial charge in [-0.15, -0.1) is 0 Å². The lowest BCUT2D eigenvalue weighted by Crippen LogP contribution is -2.58. The van der Waals surface area contributed by atoms with Crippen LogP contribution >= 0.6 is 0 Å². The molecule has 0 radical (unpaired) electrons. The fourth-order valence-corrected chi connectivity index (χ4v) is 5.47. The number of rotatable bonds is 11. The molecule has 3 heterocycles. The Labute approximate surface area is 246 Å². The smallest absolute Gasteiger partial charge is 0.248 e. The number of nitrogens with two attached hydrogens (primary N) is 1. The molecule has 5 rings (SSSR count). The Morgan fingerprint density at radius 1 is 1.17 bits per heavy atom. The standard InChI is InChI=1S/C32H39N5O5/c1-21(33)28(38)35-27(22(2)41-19-23-9-5-4-6-10-23)31(39)37-15-8-13-26(37)30-36-32(3,20-42-30)18-24-11-7-12-25(17-24)29-34-14-16-40-29/h4-7,9-12,14,16-17,21-22,26-27H,8,13,15,18-20,33H2,1-3H3,(H,35,38)/t21?,22?,26?,27?,32-/m1/s1. The first-order chi connectivity index (χ1) is 20.2. The molecule has 42 heavy (non-hydrogen) atoms. The zero-order chi connectivity index (χ0) is 29.7. The van der Waals surface area contributed by atoms with Gasteiger partial charge in [0.1, 0.15) is 25.0 Å². The lowest BCUT2D eigenvalue weighted by Gasteiger charge is -2.32. The van der Waals surface area contributed by atoms with Gasteiger partial charge in [-0.25, -0.2) is 9.98 Å². The van der Waals surface area contributed by atoms with Crippen LogP contribution in [0.1, 0.15) is 44.7 Å². The number of hydrogen-bond acceptors (Lipinski definition) is 8. The lowest BCUT2D eigenvalue weighted by molar-refractivity contribution is -0.141. The summed E-state index contributed by atoms with van der Waals surface area (Å²) in [5, 5.41) is 2.83. The second-order valence-corrected chi connectivity index (χ2v) is 11.4. The van der Waals surface area contributed by atoms with E-state index in [1.807, 2.05) is 42.5 Å². The Bertz CT molecular complexity index is 1390. The highest BCUT2D eigenvalue weighted by Gasteiger charge is 2.43. The zero-order valence-corrected chi connectivity index (χ0v) is 24.4. The Kier molecular flexibility index (Phi) is 9.03. The Hall–Kier alpha value is -4.02. The summed E-state index contributed by atoms with van der Waals surface area (Å²) in [4.78, 5) is 37.6. The van der Waals surface area contributed by atoms with Crippen LogP contribution < -0.4 is 11.1 Å². The van der Waals surface area contributed by atoms with Crippen molar-refractivity contribution in [2.24, 2.45) is 10.7 Å². The van der Waals surface area contributed by atoms with Crippen molar-refractivity contribution in [3.63, 3.8) is 0 Å². The number of carbonyl (C=O) groups excluding carboxylic acids is 2. The topological polar surface area (TPSA) is 132 Å². The fourth-order valence-electron chi connectivity index (χ4n) is 5.47. The molecule has 222 valence electrons. The van der Waals surface area contributed by atoms with Crippen molar-refractivity contribution in [1.29, 1.82) is 0 Å². The number of aromatic nitrogens is 1. The highest BCUT2D eigenvalue weighted by atomic mass is 16.5. The molecule has 1 aromatic heterocycles. The molecule has 4 unspecified atom stereocenters. The van der Waals surface area contributed by atoms with Crippen LogP contribution in [0.2, 0.25) is 0 Å². The summed E-state index contributed by atoms with van der Waals surface area (Å²) >= 11 is 0. The Morgan fingerprint density at radius 3 is 2.69 bits per heavy atom. The fraction of sp³-hybridized carbons (Fsp3) is 0.438. The number of oxazole rings is 1. The van der Waals surface area contributed by atoms with Crippen LogP contribution in [-0.2, 0) is 32.1 Å². The molecule has 2 aromatic carbocycles. The molecule has 2 aliphatic heterocycles. The third-order valence-corrected chi connectivity index (χ3v) is 7.73. The van der Waals surface area contributed by atoms with Gasteiger partial charge in [-0.2, -0.15) is 0 Å². The molecule has 0 bridgehead atoms. The van der Waals surface area contributed by atoms with Gasteiger partial charge in [0.05, 0.1) is 30.5 Å². The van der Waals surface area contributed by atoms with E-state index in [1.54, 1.807) is 31.2 Å². The van der Waals surface area contributed by atoms with E-state index in [0.717, 1.165) is 29.5 Å². The van der Waals surface area contributed by atoms with Crippen molar-refractivity contribution in [1.82, 2.24) is 15.2 Å². The predicted molar refractivity (Wildman–Crippen MR) is 158 cm³/mol. The first kappa shape index (κ1) is 29.5. The molecule has 2 aliphatic rings. The third-order valence-electron chi connectivity index (χ3n) is 7.73. The van der Waals surface area contributed by atoms with E-state index in [1.165, 1.54) is 0 Å². The summed E-state index contributed by atoms with van der Waals surface area (Å²) in [6, 6.07) is 15.8. The SMILES string of the molecule is CC(N)C(=O)NC(C(=O)N1CCCC1C1=N[C@](C)(Cc2cccc(-c3ncco3)c2)CO1)C(C)OCc1ccccc1. The number of nitrogens with one attached hydrogen (secondary N) is 1. The number of hydrogen-bond donors (Lipinski definition) is 2. The van der Waals surface area contributed by atoms with Crippen molar-refractivity contribution in [3.8, 4) is 11.5 Å². The van der Waals surface area contributed by atoms with E-state index in [0.29, 0.717) is 38.0 Å². The molecular formula is C32H39N5O5. The number of aliphatic imine (C=N–C) groups is 1. The van der Waals surface area contributed by atoms with E-state index in [2.05, 4.69) is 29.4 Å². The zero-order valence-electron chi connectivity index (χ0n) is 24.4. The molecule has 2 amide bonds. The molecule has 5 atom stereocenters. The van der Waals surface area contributed by atoms with Crippen LogP contribution in [0.15, 0.2) is 76.5 Å². The molecule has 0 spiro atoms. The quantitative estimate of drug-likeness (QED) is 0.359. The second-order valence-electron chi connectivity index (χ2n) is 11.4. The van der Waals surface area contributed by atoms with Gasteiger partial charge in [0.25, 0.3) is 0 Å². The van der Waals surface area contributed by atoms with Gasteiger partial charge >= 0.3 is 0 Å². The minimum Gasteiger partial charge on any atom is -0.477 e. The summed E-state index contributed by atoms with van der Waals surface area (Å²) in [6.07, 6.45) is 4.79. The monoisotopic (exact) mass is 573 g/mol. The van der Waals surface area contributed by atoms with Crippen LogP contribution in [0.5, 0.6) is 0 Å². The molecule has 10 nitrogen and oxygen atoms in total. The van der Waals surface area contributed by atoms with E-state index < -0.39 is 29.6 Å². The maximum absolute atomic E-state index is 14.0. The minimum absolute atomic E-state index is 0.231. The summed E-state index contributed by atoms with van der Waals surface area (Å²) in [5.41, 5.74) is 8.31. The maximum Gasteiger partial charge on any atom is 0.248 e. The van der Waals surface area contributed by atoms with Crippen LogP contribution in [0, 0.1) is 0 Å². The minimum atomic E-state index is -0.904. The number of carbonyl (C=O) groups is 2. The highest BCUT2D eigenvalue weighted by Crippen LogP contribution is 2.30. The van der Waals surface area contributed by atoms with Crippen molar-refractivity contribution in [2.75, 3.05) is 13.2 Å². The van der Waals surface area contributed by atoms with Crippen LogP contribution in [-0.4, -0.2) is 70.5 Å². The average molecular weight is 574 g/mol. The average Bonchev–Trinajstić information content (AvgIpc) is 3.76. The summed E-state index contributed by atoms with van der Waals surface area (Å²) < 4.78 is 17.7. The number of ether oxygens (including phenoxy) is 2. The van der Waals surface area contributed by atoms with Crippen molar-refractivity contribution >= 4 is 17.7 Å². The highest BCUT2D eigenvalue weighted by molar-refractivity contribution is 5.94. The van der Waals surface area contributed by atoms with Gasteiger partial charge in [-0.05, 0) is 56.9 Å². The first-order valence-electron chi connectivity index (χ1n) is 14.5. The van der Waals surface area contributed by atoms with E-state index >= 15 is 0 Å². The predicted octanol–water partition coefficient (Wildman–Crippen LogP) is 3.50. The van der Waals surface area contributed by atoms with Crippen LogP contribution in [0.3, 0.4) is 0 Å². The van der Waals surface area contributed by atoms with Crippen LogP contribution in [0.25, 0.3) is 11.5 Å². The Morgan fingerprint density at radius 2 is 1.95 bits per heavy atom. The Balaban J connectivity index is 1.30. The molecule has 3 N–H and O–H groups in total. The largest absolute Gasteiger partial charge is 0.477 e. The summed E-state index contributed by atoms with van der Waals surface area (Å²) in [5.74, 6) is 0.489. The molecule has 0 aliphatic carbocycles. The summed E-state index contributed by atoms with van der Waals surface area (Å²) in [6.45, 7) is 6.71. The van der Waals surface area contributed by atoms with E-state index in [-0.39, 0.29) is 11.9 Å². The number of benzene rings is 2. The second kappa shape index (κ2) is 12.9. The van der Waals surface area contributed by atoms with Gasteiger partial charge in [0.15, 0.2) is 0 Å². The molecule has 0 saturated carbocycles. The van der Waals surface area contributed by atoms with Crippen molar-refractivity contribution < 1.29 is 23.5 Å². The third kappa shape index (κ3) is 6.88. The molecular weight excluding hydrogens is 534 g/mol. The number of nitrogens with zero attached hydrogens (tertiary/aromatic N) is 3. The molecule has 1 fully saturated rings. The summed E-state index contributed by atoms with van der Waals surface area (Å²) in [7, 11) is 0. The molecule has 10 heteroatoms. The van der Waals surface area contributed by atoms with Gasteiger partial charge in [-0.3, -0.25) is 9.59 Å². The maximum atomic E-state index is 14.0. The molecule has 1 saturated heterocycles. The van der Waals surface area contributed by atoms with Gasteiger partial charge in [-0.1, -0.05) is 42.5 Å². The first-order valence-corrected chi connectivity index (χ1v) is 14.5.